The maximum absolute atomic E-state index is 12.6. The van der Waals surface area contributed by atoms with Gasteiger partial charge in [-0.3, -0.25) is 0 Å². The number of hydrogen-bond acceptors (Lipinski definition) is 8. The summed E-state index contributed by atoms with van der Waals surface area (Å²) >= 11 is 0. The van der Waals surface area contributed by atoms with Gasteiger partial charge in [-0.05, 0) is 31.9 Å². The number of hydrogen-bond donors (Lipinski definition) is 2. The van der Waals surface area contributed by atoms with E-state index in [1.54, 1.807) is 37.5 Å². The Bertz CT molecular complexity index is 1140. The Morgan fingerprint density at radius 2 is 1.77 bits per heavy atom. The largest absolute Gasteiger partial charge is 0.449 e. The summed E-state index contributed by atoms with van der Waals surface area (Å²) in [6.07, 6.45) is 3.90. The van der Waals surface area contributed by atoms with E-state index in [0.29, 0.717) is 29.8 Å². The van der Waals surface area contributed by atoms with Gasteiger partial charge in [0.1, 0.15) is 29.4 Å². The molecule has 2 aromatic heterocycles. The van der Waals surface area contributed by atoms with Crippen LogP contribution >= 0.6 is 0 Å². The number of aryl methyl sites for hydroxylation is 2. The average molecular weight is 443 g/mol. The maximum Gasteiger partial charge on any atom is 0.240 e. The van der Waals surface area contributed by atoms with Crippen LogP contribution in [0.5, 0.6) is 0 Å². The van der Waals surface area contributed by atoms with Crippen LogP contribution in [0.3, 0.4) is 0 Å². The summed E-state index contributed by atoms with van der Waals surface area (Å²) in [6.45, 7) is 6.27. The molecule has 1 aromatic carbocycles. The second kappa shape index (κ2) is 9.03. The molecule has 9 nitrogen and oxygen atoms in total. The van der Waals surface area contributed by atoms with E-state index in [4.69, 9.17) is 4.42 Å². The first-order valence-corrected chi connectivity index (χ1v) is 11.8. The molecule has 4 rings (SSSR count). The molecule has 1 aliphatic heterocycles. The molecule has 0 bridgehead atoms. The molecule has 1 saturated heterocycles. The number of oxazole rings is 1. The van der Waals surface area contributed by atoms with E-state index in [2.05, 4.69) is 29.9 Å². The first kappa shape index (κ1) is 21.3. The predicted octanol–water partition coefficient (Wildman–Crippen LogP) is 2.74. The van der Waals surface area contributed by atoms with E-state index in [1.165, 1.54) is 12.8 Å². The highest BCUT2D eigenvalue weighted by Gasteiger charge is 2.16. The molecule has 0 amide bonds. The van der Waals surface area contributed by atoms with Gasteiger partial charge in [-0.1, -0.05) is 12.1 Å². The smallest absolute Gasteiger partial charge is 0.240 e. The Morgan fingerprint density at radius 3 is 2.45 bits per heavy atom. The van der Waals surface area contributed by atoms with Crippen molar-refractivity contribution in [1.29, 1.82) is 0 Å². The zero-order valence-electron chi connectivity index (χ0n) is 17.6. The van der Waals surface area contributed by atoms with Crippen molar-refractivity contribution in [1.82, 2.24) is 19.7 Å². The molecule has 10 heteroatoms. The first-order chi connectivity index (χ1) is 14.9. The highest BCUT2D eigenvalue weighted by Crippen LogP contribution is 2.21. The summed E-state index contributed by atoms with van der Waals surface area (Å²) < 4.78 is 33.0. The molecule has 0 aliphatic carbocycles. The molecular formula is C21H26N6O3S. The lowest BCUT2D eigenvalue weighted by molar-refractivity contribution is 0.521. The molecule has 31 heavy (non-hydrogen) atoms. The van der Waals surface area contributed by atoms with Gasteiger partial charge >= 0.3 is 0 Å². The fourth-order valence-corrected chi connectivity index (χ4v) is 4.54. The van der Waals surface area contributed by atoms with Crippen LogP contribution in [-0.4, -0.2) is 49.5 Å². The minimum Gasteiger partial charge on any atom is -0.449 e. The van der Waals surface area contributed by atoms with E-state index in [-0.39, 0.29) is 11.4 Å². The lowest BCUT2D eigenvalue weighted by Crippen LogP contribution is -2.29. The third kappa shape index (κ3) is 5.20. The van der Waals surface area contributed by atoms with Crippen LogP contribution in [0, 0.1) is 13.8 Å². The van der Waals surface area contributed by atoms with Crippen molar-refractivity contribution < 1.29 is 12.8 Å². The fourth-order valence-electron chi connectivity index (χ4n) is 3.51. The van der Waals surface area contributed by atoms with Crippen molar-refractivity contribution >= 4 is 21.7 Å². The van der Waals surface area contributed by atoms with Crippen LogP contribution in [-0.2, 0) is 10.0 Å². The molecule has 3 aromatic rings. The zero-order chi connectivity index (χ0) is 21.8. The second-order valence-electron chi connectivity index (χ2n) is 7.45. The SMILES string of the molecule is Cc1nc(NCCNS(=O)(=O)c2ccc(-c3coc(C)n3)cc2)cc(N2CCCC2)n1. The minimum atomic E-state index is -3.61. The predicted molar refractivity (Wildman–Crippen MR) is 119 cm³/mol. The van der Waals surface area contributed by atoms with Crippen LogP contribution in [0.4, 0.5) is 11.6 Å². The van der Waals surface area contributed by atoms with Gasteiger partial charge in [0, 0.05) is 44.7 Å². The second-order valence-corrected chi connectivity index (χ2v) is 9.22. The molecule has 0 unspecified atom stereocenters. The van der Waals surface area contributed by atoms with Crippen LogP contribution in [0.2, 0.25) is 0 Å². The summed E-state index contributed by atoms with van der Waals surface area (Å²) in [5.41, 5.74) is 1.47. The molecule has 3 heterocycles. The standard InChI is InChI=1S/C21H26N6O3S/c1-15-24-20(13-21(25-15)27-11-3-4-12-27)22-9-10-23-31(28,29)18-7-5-17(6-8-18)19-14-30-16(2)26-19/h5-8,13-14,23H,3-4,9-12H2,1-2H3,(H,22,24,25). The number of anilines is 2. The summed E-state index contributed by atoms with van der Waals surface area (Å²) in [5, 5.41) is 3.18. The Labute approximate surface area is 182 Å². The molecule has 0 radical (unpaired) electrons. The third-order valence-electron chi connectivity index (χ3n) is 5.06. The van der Waals surface area contributed by atoms with Gasteiger partial charge < -0.3 is 14.6 Å². The normalized spacial score (nSPS) is 14.2. The van der Waals surface area contributed by atoms with Crippen molar-refractivity contribution in [3.63, 3.8) is 0 Å². The number of benzene rings is 1. The van der Waals surface area contributed by atoms with Gasteiger partial charge in [-0.15, -0.1) is 0 Å². The highest BCUT2D eigenvalue weighted by molar-refractivity contribution is 7.89. The summed E-state index contributed by atoms with van der Waals surface area (Å²) in [6, 6.07) is 8.47. The number of sulfonamides is 1. The van der Waals surface area contributed by atoms with Gasteiger partial charge in [-0.25, -0.2) is 28.1 Å². The fraction of sp³-hybridized carbons (Fsp3) is 0.381. The average Bonchev–Trinajstić information content (AvgIpc) is 3.43. The third-order valence-corrected chi connectivity index (χ3v) is 6.53. The first-order valence-electron chi connectivity index (χ1n) is 10.3. The van der Waals surface area contributed by atoms with E-state index >= 15 is 0 Å². The molecule has 0 atom stereocenters. The molecule has 0 saturated carbocycles. The van der Waals surface area contributed by atoms with E-state index in [1.807, 2.05) is 13.0 Å². The molecule has 1 aliphatic rings. The van der Waals surface area contributed by atoms with Crippen molar-refractivity contribution in [3.05, 3.63) is 48.3 Å². The van der Waals surface area contributed by atoms with Crippen LogP contribution in [0.25, 0.3) is 11.3 Å². The van der Waals surface area contributed by atoms with Crippen LogP contribution < -0.4 is 14.9 Å². The Balaban J connectivity index is 1.33. The highest BCUT2D eigenvalue weighted by atomic mass is 32.2. The van der Waals surface area contributed by atoms with Gasteiger partial charge in [0.05, 0.1) is 4.90 Å². The molecular weight excluding hydrogens is 416 g/mol. The maximum atomic E-state index is 12.6. The quantitative estimate of drug-likeness (QED) is 0.512. The summed E-state index contributed by atoms with van der Waals surface area (Å²) in [4.78, 5) is 15.6. The summed E-state index contributed by atoms with van der Waals surface area (Å²) in [5.74, 6) is 2.86. The minimum absolute atomic E-state index is 0.200. The van der Waals surface area contributed by atoms with Crippen molar-refractivity contribution in [2.45, 2.75) is 31.6 Å². The van der Waals surface area contributed by atoms with Crippen molar-refractivity contribution in [3.8, 4) is 11.3 Å². The van der Waals surface area contributed by atoms with E-state index in [9.17, 15) is 8.42 Å². The number of nitrogens with zero attached hydrogens (tertiary/aromatic N) is 4. The Kier molecular flexibility index (Phi) is 6.19. The zero-order valence-corrected chi connectivity index (χ0v) is 18.4. The molecule has 164 valence electrons. The van der Waals surface area contributed by atoms with Crippen molar-refractivity contribution in [2.75, 3.05) is 36.4 Å². The van der Waals surface area contributed by atoms with Gasteiger partial charge in [0.2, 0.25) is 10.0 Å². The Morgan fingerprint density at radius 1 is 1.03 bits per heavy atom. The van der Waals surface area contributed by atoms with Gasteiger partial charge in [-0.2, -0.15) is 0 Å². The monoisotopic (exact) mass is 442 g/mol. The number of aromatic nitrogens is 3. The molecule has 2 N–H and O–H groups in total. The van der Waals surface area contributed by atoms with Crippen LogP contribution in [0.1, 0.15) is 24.6 Å². The topological polar surface area (TPSA) is 113 Å². The lowest BCUT2D eigenvalue weighted by Gasteiger charge is -2.17. The summed E-state index contributed by atoms with van der Waals surface area (Å²) in [7, 11) is -3.61. The van der Waals surface area contributed by atoms with Gasteiger partial charge in [0.25, 0.3) is 0 Å². The Hall–Kier alpha value is -2.98. The number of nitrogens with one attached hydrogen (secondary N) is 2. The van der Waals surface area contributed by atoms with Gasteiger partial charge in [0.15, 0.2) is 5.89 Å². The molecule has 0 spiro atoms. The lowest BCUT2D eigenvalue weighted by atomic mass is 10.2. The molecule has 1 fully saturated rings. The van der Waals surface area contributed by atoms with Crippen LogP contribution in [0.15, 0.2) is 45.9 Å². The van der Waals surface area contributed by atoms with E-state index < -0.39 is 10.0 Å². The number of rotatable bonds is 8. The van der Waals surface area contributed by atoms with Crippen molar-refractivity contribution in [2.24, 2.45) is 0 Å². The van der Waals surface area contributed by atoms with E-state index in [0.717, 1.165) is 24.5 Å².